The summed E-state index contributed by atoms with van der Waals surface area (Å²) >= 11 is 1.15. The van der Waals surface area contributed by atoms with Crippen molar-refractivity contribution in [2.24, 2.45) is 7.05 Å². The molecule has 0 saturated heterocycles. The molecular formula is C10H11N5O3S. The Hall–Kier alpha value is -2.42. The first-order valence-electron chi connectivity index (χ1n) is 5.26. The first-order valence-corrected chi connectivity index (χ1v) is 6.14. The Bertz CT molecular complexity index is 606. The third kappa shape index (κ3) is 3.07. The Morgan fingerprint density at radius 2 is 2.32 bits per heavy atom. The van der Waals surface area contributed by atoms with Crippen LogP contribution in [0.15, 0.2) is 17.8 Å². The van der Waals surface area contributed by atoms with Gasteiger partial charge >= 0.3 is 12.0 Å². The number of nitrogens with one attached hydrogen (secondary N) is 2. The number of carbonyl (C=O) groups excluding carboxylic acids is 1. The normalized spacial score (nSPS) is 10.2. The molecule has 0 unspecified atom stereocenters. The number of hydrogen-bond acceptors (Lipinski definition) is 5. The first-order chi connectivity index (χ1) is 9.08. The lowest BCUT2D eigenvalue weighted by Gasteiger charge is -2.06. The summed E-state index contributed by atoms with van der Waals surface area (Å²) in [4.78, 5) is 22.5. The summed E-state index contributed by atoms with van der Waals surface area (Å²) in [5, 5.41) is 23.3. The largest absolute Gasteiger partial charge is 0.478 e. The summed E-state index contributed by atoms with van der Waals surface area (Å²) in [5.41, 5.74) is 0.0683. The number of aromatic nitrogens is 3. The molecule has 3 N–H and O–H groups in total. The third-order valence-electron chi connectivity index (χ3n) is 2.33. The number of anilines is 1. The van der Waals surface area contributed by atoms with Gasteiger partial charge in [0.15, 0.2) is 5.82 Å². The summed E-state index contributed by atoms with van der Waals surface area (Å²) in [7, 11) is 1.76. The number of carboxylic acid groups (broad SMARTS) is 1. The maximum absolute atomic E-state index is 11.6. The molecule has 9 heteroatoms. The van der Waals surface area contributed by atoms with Crippen LogP contribution in [0.5, 0.6) is 0 Å². The monoisotopic (exact) mass is 281 g/mol. The summed E-state index contributed by atoms with van der Waals surface area (Å²) in [6.45, 7) is 0.204. The molecule has 2 rings (SSSR count). The van der Waals surface area contributed by atoms with E-state index >= 15 is 0 Å². The number of rotatable bonds is 4. The van der Waals surface area contributed by atoms with E-state index in [0.29, 0.717) is 10.8 Å². The molecule has 100 valence electrons. The van der Waals surface area contributed by atoms with Crippen molar-refractivity contribution in [3.8, 4) is 0 Å². The summed E-state index contributed by atoms with van der Waals surface area (Å²) < 4.78 is 1.67. The van der Waals surface area contributed by atoms with Gasteiger partial charge in [-0.15, -0.1) is 21.5 Å². The number of carboxylic acids is 1. The van der Waals surface area contributed by atoms with Crippen LogP contribution in [0.3, 0.4) is 0 Å². The Kier molecular flexibility index (Phi) is 3.76. The van der Waals surface area contributed by atoms with Crippen LogP contribution >= 0.6 is 11.3 Å². The molecule has 19 heavy (non-hydrogen) atoms. The lowest BCUT2D eigenvalue weighted by Crippen LogP contribution is -2.29. The number of carbonyl (C=O) groups is 2. The minimum Gasteiger partial charge on any atom is -0.478 e. The highest BCUT2D eigenvalue weighted by molar-refractivity contribution is 7.14. The first kappa shape index (κ1) is 13.0. The number of amides is 2. The fraction of sp³-hybridized carbons (Fsp3) is 0.200. The zero-order chi connectivity index (χ0) is 13.8. The van der Waals surface area contributed by atoms with Crippen LogP contribution in [0.1, 0.15) is 16.2 Å². The second kappa shape index (κ2) is 5.48. The lowest BCUT2D eigenvalue weighted by atomic mass is 10.3. The summed E-state index contributed by atoms with van der Waals surface area (Å²) in [5.74, 6) is -0.482. The van der Waals surface area contributed by atoms with Gasteiger partial charge in [-0.05, 0) is 11.4 Å². The Morgan fingerprint density at radius 1 is 1.53 bits per heavy atom. The predicted octanol–water partition coefficient (Wildman–Crippen LogP) is 0.896. The van der Waals surface area contributed by atoms with Crippen molar-refractivity contribution in [1.29, 1.82) is 0 Å². The molecule has 8 nitrogen and oxygen atoms in total. The van der Waals surface area contributed by atoms with Gasteiger partial charge in [0, 0.05) is 7.05 Å². The molecule has 2 amide bonds. The molecule has 0 aliphatic heterocycles. The van der Waals surface area contributed by atoms with Crippen LogP contribution in [0.25, 0.3) is 0 Å². The number of hydrogen-bond donors (Lipinski definition) is 3. The quantitative estimate of drug-likeness (QED) is 0.771. The summed E-state index contributed by atoms with van der Waals surface area (Å²) in [6.07, 6.45) is 1.52. The molecule has 0 fully saturated rings. The maximum Gasteiger partial charge on any atom is 0.338 e. The molecular weight excluding hydrogens is 270 g/mol. The van der Waals surface area contributed by atoms with Crippen LogP contribution in [0.2, 0.25) is 0 Å². The van der Waals surface area contributed by atoms with Gasteiger partial charge in [0.2, 0.25) is 0 Å². The van der Waals surface area contributed by atoms with E-state index < -0.39 is 12.0 Å². The number of aryl methyl sites for hydroxylation is 1. The van der Waals surface area contributed by atoms with Crippen LogP contribution in [0.4, 0.5) is 9.80 Å². The second-order valence-corrected chi connectivity index (χ2v) is 4.55. The summed E-state index contributed by atoms with van der Waals surface area (Å²) in [6, 6.07) is 0.943. The molecule has 0 bridgehead atoms. The SMILES string of the molecule is Cn1cnnc1CNC(=O)Nc1sccc1C(=O)O. The fourth-order valence-electron chi connectivity index (χ4n) is 1.35. The van der Waals surface area contributed by atoms with Gasteiger partial charge in [0.05, 0.1) is 12.1 Å². The molecule has 0 radical (unpaired) electrons. The van der Waals surface area contributed by atoms with Gasteiger partial charge in [-0.1, -0.05) is 0 Å². The number of thiophene rings is 1. The van der Waals surface area contributed by atoms with Crippen molar-refractivity contribution in [2.45, 2.75) is 6.54 Å². The average Bonchev–Trinajstić information content (AvgIpc) is 2.95. The maximum atomic E-state index is 11.6. The van der Waals surface area contributed by atoms with E-state index in [0.717, 1.165) is 11.3 Å². The zero-order valence-electron chi connectivity index (χ0n) is 9.95. The van der Waals surface area contributed by atoms with Gasteiger partial charge in [0.25, 0.3) is 0 Å². The number of nitrogens with zero attached hydrogens (tertiary/aromatic N) is 3. The highest BCUT2D eigenvalue weighted by Gasteiger charge is 2.13. The highest BCUT2D eigenvalue weighted by Crippen LogP contribution is 2.22. The van der Waals surface area contributed by atoms with Crippen LogP contribution in [-0.2, 0) is 13.6 Å². The minimum atomic E-state index is -1.08. The fourth-order valence-corrected chi connectivity index (χ4v) is 2.12. The van der Waals surface area contributed by atoms with E-state index in [1.165, 1.54) is 12.4 Å². The number of aromatic carboxylic acids is 1. The topological polar surface area (TPSA) is 109 Å². The van der Waals surface area contributed by atoms with E-state index in [9.17, 15) is 9.59 Å². The Labute approximate surface area is 112 Å². The molecule has 0 saturated carbocycles. The molecule has 0 atom stereocenters. The molecule has 2 aromatic heterocycles. The Morgan fingerprint density at radius 3 is 2.95 bits per heavy atom. The molecule has 0 aliphatic rings. The van der Waals surface area contributed by atoms with Crippen molar-refractivity contribution in [1.82, 2.24) is 20.1 Å². The zero-order valence-corrected chi connectivity index (χ0v) is 10.8. The molecule has 0 spiro atoms. The van der Waals surface area contributed by atoms with E-state index in [1.807, 2.05) is 0 Å². The molecule has 2 heterocycles. The standard InChI is InChI=1S/C10H11N5O3S/c1-15-5-12-14-7(15)4-11-10(18)13-8-6(9(16)17)2-3-19-8/h2-3,5H,4H2,1H3,(H,16,17)(H2,11,13,18). The van der Waals surface area contributed by atoms with Crippen LogP contribution in [-0.4, -0.2) is 31.9 Å². The smallest absolute Gasteiger partial charge is 0.338 e. The van der Waals surface area contributed by atoms with E-state index in [1.54, 1.807) is 17.0 Å². The molecule has 0 aliphatic carbocycles. The van der Waals surface area contributed by atoms with Crippen molar-refractivity contribution < 1.29 is 14.7 Å². The van der Waals surface area contributed by atoms with Gasteiger partial charge in [-0.2, -0.15) is 0 Å². The van der Waals surface area contributed by atoms with Gasteiger partial charge in [-0.3, -0.25) is 5.32 Å². The lowest BCUT2D eigenvalue weighted by molar-refractivity contribution is 0.0698. The minimum absolute atomic E-state index is 0.0683. The van der Waals surface area contributed by atoms with Gasteiger partial charge < -0.3 is 15.0 Å². The van der Waals surface area contributed by atoms with E-state index in [4.69, 9.17) is 5.11 Å². The second-order valence-electron chi connectivity index (χ2n) is 3.63. The van der Waals surface area contributed by atoms with Crippen molar-refractivity contribution in [3.05, 3.63) is 29.2 Å². The van der Waals surface area contributed by atoms with Crippen molar-refractivity contribution in [2.75, 3.05) is 5.32 Å². The van der Waals surface area contributed by atoms with Gasteiger partial charge in [-0.25, -0.2) is 9.59 Å². The molecule has 2 aromatic rings. The van der Waals surface area contributed by atoms with Gasteiger partial charge in [0.1, 0.15) is 11.3 Å². The van der Waals surface area contributed by atoms with Crippen LogP contribution in [0, 0.1) is 0 Å². The average molecular weight is 281 g/mol. The van der Waals surface area contributed by atoms with E-state index in [2.05, 4.69) is 20.8 Å². The van der Waals surface area contributed by atoms with E-state index in [-0.39, 0.29) is 12.1 Å². The van der Waals surface area contributed by atoms with Crippen molar-refractivity contribution >= 4 is 28.3 Å². The number of urea groups is 1. The van der Waals surface area contributed by atoms with Crippen LogP contribution < -0.4 is 10.6 Å². The third-order valence-corrected chi connectivity index (χ3v) is 3.16. The van der Waals surface area contributed by atoms with Crippen molar-refractivity contribution in [3.63, 3.8) is 0 Å². The predicted molar refractivity (Wildman–Crippen MR) is 68.1 cm³/mol. The highest BCUT2D eigenvalue weighted by atomic mass is 32.1. The molecule has 0 aromatic carbocycles. The Balaban J connectivity index is 1.93.